The summed E-state index contributed by atoms with van der Waals surface area (Å²) < 4.78 is 9.81. The van der Waals surface area contributed by atoms with Crippen LogP contribution in [0.15, 0.2) is 23.6 Å². The van der Waals surface area contributed by atoms with Gasteiger partial charge < -0.3 is 14.8 Å². The second kappa shape index (κ2) is 5.71. The maximum Gasteiger partial charge on any atom is 0.357 e. The van der Waals surface area contributed by atoms with Gasteiger partial charge in [0.25, 0.3) is 0 Å². The van der Waals surface area contributed by atoms with Crippen LogP contribution in [0.4, 0.5) is 10.8 Å². The molecule has 2 aromatic rings. The Morgan fingerprint density at radius 1 is 1.37 bits per heavy atom. The first-order valence-corrected chi connectivity index (χ1v) is 6.47. The van der Waals surface area contributed by atoms with E-state index in [4.69, 9.17) is 4.74 Å². The van der Waals surface area contributed by atoms with Crippen molar-refractivity contribution in [2.75, 3.05) is 19.5 Å². The van der Waals surface area contributed by atoms with Gasteiger partial charge >= 0.3 is 5.97 Å². The van der Waals surface area contributed by atoms with Crippen molar-refractivity contribution in [2.24, 2.45) is 0 Å². The molecule has 6 heteroatoms. The van der Waals surface area contributed by atoms with Crippen LogP contribution in [-0.4, -0.2) is 25.2 Å². The van der Waals surface area contributed by atoms with Gasteiger partial charge in [-0.2, -0.15) is 0 Å². The van der Waals surface area contributed by atoms with Gasteiger partial charge in [-0.25, -0.2) is 9.78 Å². The molecule has 1 aromatic heterocycles. The van der Waals surface area contributed by atoms with Gasteiger partial charge in [-0.1, -0.05) is 0 Å². The summed E-state index contributed by atoms with van der Waals surface area (Å²) in [5.41, 5.74) is 2.22. The number of rotatable bonds is 4. The van der Waals surface area contributed by atoms with Crippen molar-refractivity contribution in [3.05, 3.63) is 34.8 Å². The Bertz CT molecular complexity index is 595. The highest BCUT2D eigenvalue weighted by molar-refractivity contribution is 7.14. The van der Waals surface area contributed by atoms with Crippen LogP contribution < -0.4 is 10.1 Å². The van der Waals surface area contributed by atoms with E-state index in [-0.39, 0.29) is 0 Å². The molecule has 19 heavy (non-hydrogen) atoms. The van der Waals surface area contributed by atoms with Crippen molar-refractivity contribution >= 4 is 28.1 Å². The Kier molecular flexibility index (Phi) is 4.01. The lowest BCUT2D eigenvalue weighted by Crippen LogP contribution is -2.01. The number of hydrogen-bond donors (Lipinski definition) is 1. The molecular weight excluding hydrogens is 264 g/mol. The van der Waals surface area contributed by atoms with Gasteiger partial charge in [0.2, 0.25) is 0 Å². The highest BCUT2D eigenvalue weighted by atomic mass is 32.1. The molecule has 1 N–H and O–H groups in total. The average molecular weight is 278 g/mol. The van der Waals surface area contributed by atoms with Crippen LogP contribution in [0, 0.1) is 6.92 Å². The number of thiazole rings is 1. The van der Waals surface area contributed by atoms with E-state index in [9.17, 15) is 4.79 Å². The molecular formula is C13H14N2O3S. The molecule has 2 rings (SSSR count). The molecule has 100 valence electrons. The SMILES string of the molecule is COC(=O)c1csc(Nc2ccc(OC)c(C)c2)n1. The first-order valence-electron chi connectivity index (χ1n) is 5.59. The fraction of sp³-hybridized carbons (Fsp3) is 0.231. The zero-order chi connectivity index (χ0) is 13.8. The molecule has 0 amide bonds. The molecule has 0 spiro atoms. The second-order valence-electron chi connectivity index (χ2n) is 3.84. The predicted octanol–water partition coefficient (Wildman–Crippen LogP) is 2.99. The fourth-order valence-electron chi connectivity index (χ4n) is 1.61. The van der Waals surface area contributed by atoms with E-state index in [0.29, 0.717) is 10.8 Å². The number of aryl methyl sites for hydroxylation is 1. The van der Waals surface area contributed by atoms with Crippen LogP contribution in [-0.2, 0) is 4.74 Å². The monoisotopic (exact) mass is 278 g/mol. The van der Waals surface area contributed by atoms with Crippen LogP contribution in [0.25, 0.3) is 0 Å². The number of esters is 1. The van der Waals surface area contributed by atoms with E-state index in [1.54, 1.807) is 12.5 Å². The second-order valence-corrected chi connectivity index (χ2v) is 4.70. The normalized spacial score (nSPS) is 10.1. The third kappa shape index (κ3) is 3.03. The van der Waals surface area contributed by atoms with E-state index in [0.717, 1.165) is 17.0 Å². The number of hydrogen-bond acceptors (Lipinski definition) is 6. The van der Waals surface area contributed by atoms with Crippen LogP contribution in [0.3, 0.4) is 0 Å². The Labute approximate surface area is 115 Å². The summed E-state index contributed by atoms with van der Waals surface area (Å²) in [6.07, 6.45) is 0. The summed E-state index contributed by atoms with van der Waals surface area (Å²) >= 11 is 1.35. The van der Waals surface area contributed by atoms with E-state index in [2.05, 4.69) is 15.0 Å². The number of ether oxygens (including phenoxy) is 2. The number of anilines is 2. The van der Waals surface area contributed by atoms with Crippen LogP contribution in [0.1, 0.15) is 16.1 Å². The molecule has 1 heterocycles. The minimum absolute atomic E-state index is 0.306. The number of nitrogens with zero attached hydrogens (tertiary/aromatic N) is 1. The number of carbonyl (C=O) groups excluding carboxylic acids is 1. The molecule has 0 radical (unpaired) electrons. The molecule has 0 bridgehead atoms. The largest absolute Gasteiger partial charge is 0.496 e. The van der Waals surface area contributed by atoms with Crippen molar-refractivity contribution in [2.45, 2.75) is 6.92 Å². The molecule has 0 atom stereocenters. The lowest BCUT2D eigenvalue weighted by Gasteiger charge is -2.07. The number of aromatic nitrogens is 1. The summed E-state index contributed by atoms with van der Waals surface area (Å²) in [6.45, 7) is 1.96. The van der Waals surface area contributed by atoms with Gasteiger partial charge in [0, 0.05) is 11.1 Å². The lowest BCUT2D eigenvalue weighted by atomic mass is 10.2. The molecule has 0 saturated carbocycles. The Morgan fingerprint density at radius 2 is 2.16 bits per heavy atom. The van der Waals surface area contributed by atoms with E-state index in [1.807, 2.05) is 25.1 Å². The maximum absolute atomic E-state index is 11.3. The summed E-state index contributed by atoms with van der Waals surface area (Å²) in [4.78, 5) is 15.4. The number of nitrogens with one attached hydrogen (secondary N) is 1. The van der Waals surface area contributed by atoms with Crippen LogP contribution in [0.5, 0.6) is 5.75 Å². The van der Waals surface area contributed by atoms with E-state index < -0.39 is 5.97 Å². The van der Waals surface area contributed by atoms with Gasteiger partial charge in [-0.15, -0.1) is 11.3 Å². The van der Waals surface area contributed by atoms with Gasteiger partial charge in [0.05, 0.1) is 14.2 Å². The van der Waals surface area contributed by atoms with Crippen molar-refractivity contribution in [3.8, 4) is 5.75 Å². The lowest BCUT2D eigenvalue weighted by molar-refractivity contribution is 0.0595. The summed E-state index contributed by atoms with van der Waals surface area (Å²) in [5.74, 6) is 0.398. The molecule has 0 aliphatic heterocycles. The minimum Gasteiger partial charge on any atom is -0.496 e. The number of methoxy groups -OCH3 is 2. The smallest absolute Gasteiger partial charge is 0.357 e. The highest BCUT2D eigenvalue weighted by Crippen LogP contribution is 2.25. The standard InChI is InChI=1S/C13H14N2O3S/c1-8-6-9(4-5-11(8)17-2)14-13-15-10(7-19-13)12(16)18-3/h4-7H,1-3H3,(H,14,15). The van der Waals surface area contributed by atoms with Gasteiger partial charge in [-0.3, -0.25) is 0 Å². The minimum atomic E-state index is -0.435. The van der Waals surface area contributed by atoms with E-state index >= 15 is 0 Å². The molecule has 1 aromatic carbocycles. The Hall–Kier alpha value is -2.08. The van der Waals surface area contributed by atoms with Crippen molar-refractivity contribution in [3.63, 3.8) is 0 Å². The molecule has 0 aliphatic carbocycles. The number of benzene rings is 1. The molecule has 5 nitrogen and oxygen atoms in total. The quantitative estimate of drug-likeness (QED) is 0.871. The van der Waals surface area contributed by atoms with Crippen LogP contribution >= 0.6 is 11.3 Å². The average Bonchev–Trinajstić information content (AvgIpc) is 2.86. The Morgan fingerprint density at radius 3 is 2.79 bits per heavy atom. The number of carbonyl (C=O) groups is 1. The van der Waals surface area contributed by atoms with Crippen molar-refractivity contribution < 1.29 is 14.3 Å². The maximum atomic E-state index is 11.3. The molecule has 0 saturated heterocycles. The summed E-state index contributed by atoms with van der Waals surface area (Å²) in [5, 5.41) is 5.44. The van der Waals surface area contributed by atoms with E-state index in [1.165, 1.54) is 18.4 Å². The molecule has 0 fully saturated rings. The first kappa shape index (κ1) is 13.4. The third-order valence-electron chi connectivity index (χ3n) is 2.54. The zero-order valence-electron chi connectivity index (χ0n) is 10.9. The zero-order valence-corrected chi connectivity index (χ0v) is 11.7. The van der Waals surface area contributed by atoms with Crippen molar-refractivity contribution in [1.29, 1.82) is 0 Å². The van der Waals surface area contributed by atoms with Gasteiger partial charge in [-0.05, 0) is 30.7 Å². The van der Waals surface area contributed by atoms with Crippen LogP contribution in [0.2, 0.25) is 0 Å². The summed E-state index contributed by atoms with van der Waals surface area (Å²) in [6, 6.07) is 5.73. The molecule has 0 unspecified atom stereocenters. The Balaban J connectivity index is 2.15. The molecule has 0 aliphatic rings. The highest BCUT2D eigenvalue weighted by Gasteiger charge is 2.10. The topological polar surface area (TPSA) is 60.5 Å². The third-order valence-corrected chi connectivity index (χ3v) is 3.30. The van der Waals surface area contributed by atoms with Crippen molar-refractivity contribution in [1.82, 2.24) is 4.98 Å². The predicted molar refractivity (Wildman–Crippen MR) is 74.5 cm³/mol. The van der Waals surface area contributed by atoms with Gasteiger partial charge in [0.1, 0.15) is 5.75 Å². The first-order chi connectivity index (χ1) is 9.13. The fourth-order valence-corrected chi connectivity index (χ4v) is 2.31. The summed E-state index contributed by atoms with van der Waals surface area (Å²) in [7, 11) is 2.97. The van der Waals surface area contributed by atoms with Gasteiger partial charge in [0.15, 0.2) is 10.8 Å².